The molecule has 3 aromatic rings. The smallest absolute Gasteiger partial charge is 0.306 e. The normalized spacial score (nSPS) is 10.9. The molecule has 3 heterocycles. The van der Waals surface area contributed by atoms with Crippen molar-refractivity contribution in [2.45, 2.75) is 33.3 Å². The number of hydrogen-bond acceptors (Lipinski definition) is 8. The largest absolute Gasteiger partial charge is 0.459 e. The van der Waals surface area contributed by atoms with Gasteiger partial charge in [-0.3, -0.25) is 4.79 Å². The van der Waals surface area contributed by atoms with Crippen LogP contribution in [0.2, 0.25) is 0 Å². The Morgan fingerprint density at radius 3 is 2.87 bits per heavy atom. The fraction of sp³-hybridized carbons (Fsp3) is 0.333. The lowest BCUT2D eigenvalue weighted by molar-refractivity contribution is -0.145. The molecule has 8 heteroatoms. The monoisotopic (exact) mass is 317 g/mol. The van der Waals surface area contributed by atoms with Gasteiger partial charge in [-0.15, -0.1) is 10.2 Å². The topological polar surface area (TPSA) is 104 Å². The molecule has 0 radical (unpaired) electrons. The second-order valence-electron chi connectivity index (χ2n) is 4.94. The predicted octanol–water partition coefficient (Wildman–Crippen LogP) is 2.61. The molecule has 0 aliphatic rings. The Morgan fingerprint density at radius 1 is 1.30 bits per heavy atom. The molecule has 0 saturated carbocycles. The lowest BCUT2D eigenvalue weighted by Crippen LogP contribution is -2.06. The molecule has 0 aliphatic heterocycles. The van der Waals surface area contributed by atoms with E-state index >= 15 is 0 Å². The van der Waals surface area contributed by atoms with Gasteiger partial charge in [-0.2, -0.15) is 0 Å². The summed E-state index contributed by atoms with van der Waals surface area (Å²) in [5, 5.41) is 11.5. The zero-order valence-corrected chi connectivity index (χ0v) is 12.7. The summed E-state index contributed by atoms with van der Waals surface area (Å²) in [6.07, 6.45) is 2.25. The number of aryl methyl sites for hydroxylation is 2. The van der Waals surface area contributed by atoms with E-state index in [1.165, 1.54) is 6.26 Å². The standard InChI is InChI=1S/C15H15N3O5/c1-9-11(10(2)23-18-9)5-6-14(19)21-8-13-16-17-15(22-13)12-4-3-7-20-12/h3-4,7H,5-6,8H2,1-2H3. The highest BCUT2D eigenvalue weighted by atomic mass is 16.5. The van der Waals surface area contributed by atoms with Crippen molar-refractivity contribution in [2.75, 3.05) is 0 Å². The van der Waals surface area contributed by atoms with Crippen LogP contribution in [0, 0.1) is 13.8 Å². The van der Waals surface area contributed by atoms with Crippen molar-refractivity contribution < 1.29 is 22.9 Å². The number of carbonyl (C=O) groups is 1. The molecule has 0 saturated heterocycles. The van der Waals surface area contributed by atoms with Crippen LogP contribution in [0.4, 0.5) is 0 Å². The van der Waals surface area contributed by atoms with Crippen molar-refractivity contribution in [3.05, 3.63) is 41.3 Å². The predicted molar refractivity (Wildman–Crippen MR) is 76.1 cm³/mol. The molecule has 0 aromatic carbocycles. The number of esters is 1. The highest BCUT2D eigenvalue weighted by Crippen LogP contribution is 2.18. The van der Waals surface area contributed by atoms with Gasteiger partial charge in [0.05, 0.1) is 12.0 Å². The fourth-order valence-electron chi connectivity index (χ4n) is 2.11. The molecule has 0 fully saturated rings. The first kappa shape index (κ1) is 15.0. The highest BCUT2D eigenvalue weighted by Gasteiger charge is 2.14. The quantitative estimate of drug-likeness (QED) is 0.639. The molecule has 0 unspecified atom stereocenters. The zero-order chi connectivity index (χ0) is 16.2. The van der Waals surface area contributed by atoms with Crippen LogP contribution in [0.3, 0.4) is 0 Å². The summed E-state index contributed by atoms with van der Waals surface area (Å²) in [6.45, 7) is 3.58. The van der Waals surface area contributed by atoms with Crippen LogP contribution >= 0.6 is 0 Å². The molecule has 0 N–H and O–H groups in total. The van der Waals surface area contributed by atoms with E-state index in [1.54, 1.807) is 12.1 Å². The number of carbonyl (C=O) groups excluding carboxylic acids is 1. The van der Waals surface area contributed by atoms with Crippen LogP contribution in [-0.4, -0.2) is 21.3 Å². The number of ether oxygens (including phenoxy) is 1. The van der Waals surface area contributed by atoms with Gasteiger partial charge in [0.1, 0.15) is 5.76 Å². The molecule has 0 spiro atoms. The van der Waals surface area contributed by atoms with Gasteiger partial charge in [-0.1, -0.05) is 5.16 Å². The summed E-state index contributed by atoms with van der Waals surface area (Å²) in [5.41, 5.74) is 1.72. The molecule has 0 amide bonds. The van der Waals surface area contributed by atoms with Gasteiger partial charge in [-0.25, -0.2) is 0 Å². The summed E-state index contributed by atoms with van der Waals surface area (Å²) in [7, 11) is 0. The molecule has 120 valence electrons. The van der Waals surface area contributed by atoms with E-state index in [2.05, 4.69) is 15.4 Å². The van der Waals surface area contributed by atoms with Crippen molar-refractivity contribution in [1.29, 1.82) is 0 Å². The molecular formula is C15H15N3O5. The minimum absolute atomic E-state index is 0.0753. The number of nitrogens with zero attached hydrogens (tertiary/aromatic N) is 3. The van der Waals surface area contributed by atoms with Gasteiger partial charge >= 0.3 is 5.97 Å². The molecule has 0 bridgehead atoms. The summed E-state index contributed by atoms with van der Waals surface area (Å²) >= 11 is 0. The van der Waals surface area contributed by atoms with Gasteiger partial charge < -0.3 is 18.1 Å². The maximum absolute atomic E-state index is 11.8. The Hall–Kier alpha value is -2.90. The third-order valence-electron chi connectivity index (χ3n) is 3.32. The molecule has 8 nitrogen and oxygen atoms in total. The summed E-state index contributed by atoms with van der Waals surface area (Å²) < 4.78 is 20.7. The Labute approximate surface area is 131 Å². The average Bonchev–Trinajstić information content (AvgIpc) is 3.25. The SMILES string of the molecule is Cc1noc(C)c1CCC(=O)OCc1nnc(-c2ccco2)o1. The highest BCUT2D eigenvalue weighted by molar-refractivity contribution is 5.69. The van der Waals surface area contributed by atoms with E-state index < -0.39 is 0 Å². The maximum Gasteiger partial charge on any atom is 0.306 e. The van der Waals surface area contributed by atoms with E-state index in [0.29, 0.717) is 12.2 Å². The second-order valence-corrected chi connectivity index (χ2v) is 4.94. The number of rotatable bonds is 6. The van der Waals surface area contributed by atoms with Crippen LogP contribution in [0.5, 0.6) is 0 Å². The summed E-state index contributed by atoms with van der Waals surface area (Å²) in [6, 6.07) is 3.42. The molecule has 0 aliphatic carbocycles. The van der Waals surface area contributed by atoms with E-state index in [1.807, 2.05) is 13.8 Å². The Morgan fingerprint density at radius 2 is 2.17 bits per heavy atom. The summed E-state index contributed by atoms with van der Waals surface area (Å²) in [4.78, 5) is 11.8. The lowest BCUT2D eigenvalue weighted by atomic mass is 10.1. The van der Waals surface area contributed by atoms with E-state index in [-0.39, 0.29) is 30.8 Å². The first-order valence-electron chi connectivity index (χ1n) is 7.07. The van der Waals surface area contributed by atoms with Gasteiger partial charge in [0, 0.05) is 12.0 Å². The maximum atomic E-state index is 11.8. The Kier molecular flexibility index (Phi) is 4.22. The van der Waals surface area contributed by atoms with Crippen molar-refractivity contribution >= 4 is 5.97 Å². The number of hydrogen-bond donors (Lipinski definition) is 0. The van der Waals surface area contributed by atoms with Gasteiger partial charge in [0.2, 0.25) is 0 Å². The van der Waals surface area contributed by atoms with Crippen LogP contribution in [0.1, 0.15) is 29.3 Å². The van der Waals surface area contributed by atoms with Crippen molar-refractivity contribution in [2.24, 2.45) is 0 Å². The third-order valence-corrected chi connectivity index (χ3v) is 3.32. The van der Waals surface area contributed by atoms with E-state index in [9.17, 15) is 4.79 Å². The molecule has 3 rings (SSSR count). The number of furan rings is 1. The third kappa shape index (κ3) is 3.47. The Balaban J connectivity index is 1.49. The van der Waals surface area contributed by atoms with Crippen LogP contribution in [0.15, 0.2) is 31.8 Å². The first-order chi connectivity index (χ1) is 11.1. The van der Waals surface area contributed by atoms with Crippen molar-refractivity contribution in [1.82, 2.24) is 15.4 Å². The van der Waals surface area contributed by atoms with Gasteiger partial charge in [-0.05, 0) is 32.4 Å². The zero-order valence-electron chi connectivity index (χ0n) is 12.7. The number of aromatic nitrogens is 3. The van der Waals surface area contributed by atoms with Crippen LogP contribution < -0.4 is 0 Å². The van der Waals surface area contributed by atoms with E-state index in [0.717, 1.165) is 17.0 Å². The molecule has 0 atom stereocenters. The van der Waals surface area contributed by atoms with Gasteiger partial charge in [0.15, 0.2) is 12.4 Å². The molecule has 3 aromatic heterocycles. The summed E-state index contributed by atoms with van der Waals surface area (Å²) in [5.74, 6) is 1.28. The minimum Gasteiger partial charge on any atom is -0.459 e. The minimum atomic E-state index is -0.359. The van der Waals surface area contributed by atoms with E-state index in [4.69, 9.17) is 18.1 Å². The van der Waals surface area contributed by atoms with Crippen LogP contribution in [-0.2, 0) is 22.6 Å². The van der Waals surface area contributed by atoms with Gasteiger partial charge in [0.25, 0.3) is 11.8 Å². The second kappa shape index (κ2) is 6.47. The molecular weight excluding hydrogens is 302 g/mol. The average molecular weight is 317 g/mol. The van der Waals surface area contributed by atoms with Crippen molar-refractivity contribution in [3.63, 3.8) is 0 Å². The van der Waals surface area contributed by atoms with Crippen molar-refractivity contribution in [3.8, 4) is 11.7 Å². The fourth-order valence-corrected chi connectivity index (χ4v) is 2.11. The van der Waals surface area contributed by atoms with Crippen LogP contribution in [0.25, 0.3) is 11.7 Å². The Bertz CT molecular complexity index is 769. The molecule has 23 heavy (non-hydrogen) atoms. The lowest BCUT2D eigenvalue weighted by Gasteiger charge is -2.02. The first-order valence-corrected chi connectivity index (χ1v) is 7.07.